The number of aliphatic hydroxyl groups is 2. The molecule has 2 aromatic rings. The van der Waals surface area contributed by atoms with Gasteiger partial charge >= 0.3 is 5.97 Å². The van der Waals surface area contributed by atoms with Crippen LogP contribution in [0.25, 0.3) is 11.1 Å². The molecule has 0 spiro atoms. The van der Waals surface area contributed by atoms with Gasteiger partial charge in [0.2, 0.25) is 5.91 Å². The topological polar surface area (TPSA) is 152 Å². The molecule has 3 aliphatic carbocycles. The Kier molecular flexibility index (Phi) is 10.4. The fourth-order valence-electron chi connectivity index (χ4n) is 9.41. The van der Waals surface area contributed by atoms with Gasteiger partial charge in [-0.25, -0.2) is 4.79 Å². The molecule has 3 saturated carbocycles. The number of para-hydroxylation sites is 1. The molecule has 0 unspecified atom stereocenters. The van der Waals surface area contributed by atoms with Gasteiger partial charge in [0, 0.05) is 55.0 Å². The second-order valence-corrected chi connectivity index (χ2v) is 15.9. The molecule has 278 valence electrons. The van der Waals surface area contributed by atoms with Crippen LogP contribution in [0, 0.1) is 29.1 Å². The number of methoxy groups -OCH3 is 1. The molecule has 5 fully saturated rings. The van der Waals surface area contributed by atoms with E-state index < -0.39 is 36.2 Å². The van der Waals surface area contributed by atoms with Crippen LogP contribution in [0.2, 0.25) is 0 Å². The average Bonchev–Trinajstić information content (AvgIpc) is 3.74. The molecule has 12 heteroatoms. The number of anilines is 1. The number of benzene rings is 2. The Morgan fingerprint density at radius 3 is 2.51 bits per heavy atom. The van der Waals surface area contributed by atoms with E-state index in [1.807, 2.05) is 43.3 Å². The van der Waals surface area contributed by atoms with Crippen molar-refractivity contribution in [3.63, 3.8) is 0 Å². The van der Waals surface area contributed by atoms with Crippen LogP contribution in [-0.4, -0.2) is 108 Å². The van der Waals surface area contributed by atoms with Gasteiger partial charge in [0.25, 0.3) is 5.91 Å². The molecule has 0 radical (unpaired) electrons. The van der Waals surface area contributed by atoms with Gasteiger partial charge in [0.05, 0.1) is 26.4 Å². The number of hydrogen-bond donors (Lipinski definition) is 4. The molecular formula is C39H54N4O8. The predicted octanol–water partition coefficient (Wildman–Crippen LogP) is 3.78. The number of hydrogen-bond acceptors (Lipinski definition) is 9. The summed E-state index contributed by atoms with van der Waals surface area (Å²) in [6.45, 7) is 8.62. The van der Waals surface area contributed by atoms with E-state index in [0.29, 0.717) is 65.1 Å². The van der Waals surface area contributed by atoms with Crippen molar-refractivity contribution in [3.8, 4) is 16.9 Å². The molecule has 2 heterocycles. The lowest BCUT2D eigenvalue weighted by Crippen LogP contribution is -2.62. The third kappa shape index (κ3) is 6.71. The van der Waals surface area contributed by atoms with Crippen molar-refractivity contribution >= 4 is 23.5 Å². The number of fused-ring (bicyclic) bond motifs is 2. The first-order chi connectivity index (χ1) is 24.2. The Bertz CT molecular complexity index is 1640. The maximum atomic E-state index is 14.2. The first-order valence-electron chi connectivity index (χ1n) is 18.2. The lowest BCUT2D eigenvalue weighted by atomic mass is 9.45. The van der Waals surface area contributed by atoms with E-state index >= 15 is 0 Å². The van der Waals surface area contributed by atoms with Gasteiger partial charge < -0.3 is 35.2 Å². The lowest BCUT2D eigenvalue weighted by molar-refractivity contribution is -0.183. The van der Waals surface area contributed by atoms with Crippen LogP contribution >= 0.6 is 0 Å². The summed E-state index contributed by atoms with van der Waals surface area (Å²) in [5.41, 5.74) is 3.52. The van der Waals surface area contributed by atoms with Crippen molar-refractivity contribution in [2.75, 3.05) is 39.3 Å². The standard InChI is InChI=1S/C39H54N4O8/c1-21-29-17-26(39(29,3)4)18-30(21)40-36(46)34-33(22(2)45)32(20-44)51-43(34)19-23-10-8-11-28(35(23)50-7)24-14-25(16-27(15-24)41(5)6)37(47)42-13-9-12-31(42)38(48)49/h8,10-11,14-16,21-22,26,29-34,44-45H,9,12-13,17-20H2,1-7H3,(H,40,46)(H,48,49)/t21-,22-,26+,29-,30-,31-,32-,33+,34-/m0/s1. The summed E-state index contributed by atoms with van der Waals surface area (Å²) >= 11 is 0. The number of nitrogens with one attached hydrogen (secondary N) is 1. The highest BCUT2D eigenvalue weighted by atomic mass is 16.7. The second-order valence-electron chi connectivity index (χ2n) is 15.9. The van der Waals surface area contributed by atoms with Crippen LogP contribution in [0.15, 0.2) is 36.4 Å². The van der Waals surface area contributed by atoms with Gasteiger partial charge in [-0.1, -0.05) is 39.0 Å². The number of aliphatic carboxylic acids is 1. The Morgan fingerprint density at radius 2 is 1.90 bits per heavy atom. The number of nitrogens with zero attached hydrogens (tertiary/aromatic N) is 3. The second kappa shape index (κ2) is 14.4. The van der Waals surface area contributed by atoms with Crippen molar-refractivity contribution < 1.29 is 39.3 Å². The zero-order valence-electron chi connectivity index (χ0n) is 30.8. The molecule has 12 nitrogen and oxygen atoms in total. The van der Waals surface area contributed by atoms with Crippen LogP contribution in [0.5, 0.6) is 5.75 Å². The van der Waals surface area contributed by atoms with Crippen LogP contribution in [0.3, 0.4) is 0 Å². The van der Waals surface area contributed by atoms with E-state index in [-0.39, 0.29) is 36.4 Å². The molecule has 2 saturated heterocycles. The monoisotopic (exact) mass is 706 g/mol. The Morgan fingerprint density at radius 1 is 1.16 bits per heavy atom. The molecule has 2 amide bonds. The van der Waals surface area contributed by atoms with Crippen molar-refractivity contribution in [3.05, 3.63) is 47.5 Å². The van der Waals surface area contributed by atoms with E-state index in [9.17, 15) is 29.7 Å². The zero-order valence-corrected chi connectivity index (χ0v) is 30.8. The minimum Gasteiger partial charge on any atom is -0.496 e. The number of likely N-dealkylation sites (tertiary alicyclic amines) is 1. The number of carboxylic acids is 1. The highest BCUT2D eigenvalue weighted by Crippen LogP contribution is 2.61. The number of amides is 2. The minimum atomic E-state index is -1.01. The fraction of sp³-hybridized carbons (Fsp3) is 0.615. The Hall–Kier alpha value is -3.71. The first-order valence-corrected chi connectivity index (χ1v) is 18.2. The predicted molar refractivity (Wildman–Crippen MR) is 192 cm³/mol. The SMILES string of the molecule is COc1c(CN2O[C@@H](CO)[C@@H]([C@H](C)O)[C@H]2C(=O)N[C@H]2C[C@H]3C[C@@H]([C@@H]2C)C3(C)C)cccc1-c1cc(C(=O)N2CCC[C@H]2C(=O)O)cc(N(C)C)c1. The number of hydroxylamine groups is 2. The van der Waals surface area contributed by atoms with Crippen molar-refractivity contribution in [1.82, 2.24) is 15.3 Å². The molecule has 9 atom stereocenters. The highest BCUT2D eigenvalue weighted by molar-refractivity contribution is 5.99. The first kappa shape index (κ1) is 37.1. The highest BCUT2D eigenvalue weighted by Gasteiger charge is 2.57. The van der Waals surface area contributed by atoms with Crippen molar-refractivity contribution in [2.45, 2.75) is 90.3 Å². The summed E-state index contributed by atoms with van der Waals surface area (Å²) in [6, 6.07) is 9.41. The number of aliphatic hydroxyl groups excluding tert-OH is 2. The summed E-state index contributed by atoms with van der Waals surface area (Å²) < 4.78 is 6.02. The van der Waals surface area contributed by atoms with E-state index in [0.717, 1.165) is 12.1 Å². The lowest BCUT2D eigenvalue weighted by Gasteiger charge is -2.62. The normalized spacial score (nSPS) is 30.4. The summed E-state index contributed by atoms with van der Waals surface area (Å²) in [7, 11) is 5.31. The van der Waals surface area contributed by atoms with E-state index in [2.05, 4.69) is 26.1 Å². The van der Waals surface area contributed by atoms with E-state index in [1.54, 1.807) is 31.2 Å². The number of rotatable bonds is 11. The molecule has 7 rings (SSSR count). The summed E-state index contributed by atoms with van der Waals surface area (Å²) in [4.78, 5) is 49.4. The maximum absolute atomic E-state index is 14.2. The number of carbonyl (C=O) groups is 3. The van der Waals surface area contributed by atoms with Crippen molar-refractivity contribution in [1.29, 1.82) is 0 Å². The fourth-order valence-corrected chi connectivity index (χ4v) is 9.41. The minimum absolute atomic E-state index is 0.0176. The molecule has 2 bridgehead atoms. The summed E-state index contributed by atoms with van der Waals surface area (Å²) in [6.07, 6.45) is 1.44. The van der Waals surface area contributed by atoms with Crippen LogP contribution in [0.1, 0.15) is 69.3 Å². The largest absolute Gasteiger partial charge is 0.496 e. The summed E-state index contributed by atoms with van der Waals surface area (Å²) in [5.74, 6) is -0.319. The number of carbonyl (C=O) groups excluding carboxylic acids is 2. The summed E-state index contributed by atoms with van der Waals surface area (Å²) in [5, 5.41) is 35.8. The van der Waals surface area contributed by atoms with Gasteiger partial charge in [-0.2, -0.15) is 5.06 Å². The zero-order chi connectivity index (χ0) is 36.9. The average molecular weight is 707 g/mol. The maximum Gasteiger partial charge on any atom is 0.326 e. The number of carboxylic acid groups (broad SMARTS) is 1. The van der Waals surface area contributed by atoms with Gasteiger partial charge in [-0.15, -0.1) is 0 Å². The van der Waals surface area contributed by atoms with Crippen LogP contribution in [0.4, 0.5) is 5.69 Å². The van der Waals surface area contributed by atoms with Gasteiger partial charge in [-0.05, 0) is 79.5 Å². The van der Waals surface area contributed by atoms with Gasteiger partial charge in [-0.3, -0.25) is 14.4 Å². The van der Waals surface area contributed by atoms with Gasteiger partial charge in [0.1, 0.15) is 23.9 Å². The smallest absolute Gasteiger partial charge is 0.326 e. The van der Waals surface area contributed by atoms with Crippen LogP contribution < -0.4 is 15.0 Å². The molecular weight excluding hydrogens is 652 g/mol. The van der Waals surface area contributed by atoms with Crippen molar-refractivity contribution in [2.24, 2.45) is 29.1 Å². The Balaban J connectivity index is 1.31. The molecule has 2 aromatic carbocycles. The van der Waals surface area contributed by atoms with E-state index in [4.69, 9.17) is 9.57 Å². The van der Waals surface area contributed by atoms with Gasteiger partial charge in [0.15, 0.2) is 0 Å². The van der Waals surface area contributed by atoms with E-state index in [1.165, 1.54) is 11.3 Å². The quantitative estimate of drug-likeness (QED) is 0.272. The molecule has 51 heavy (non-hydrogen) atoms. The third-order valence-corrected chi connectivity index (χ3v) is 12.5. The molecule has 5 aliphatic rings. The number of ether oxygens (including phenoxy) is 1. The van der Waals surface area contributed by atoms with Crippen LogP contribution in [-0.2, 0) is 21.0 Å². The molecule has 0 aromatic heterocycles. The molecule has 2 aliphatic heterocycles. The molecule has 4 N–H and O–H groups in total. The Labute approximate surface area is 300 Å². The third-order valence-electron chi connectivity index (χ3n) is 12.5.